The molecule has 0 aromatic heterocycles. The molecule has 0 bridgehead atoms. The molecule has 10 heteroatoms. The number of alkyl carbamates (subject to hydrolysis) is 1. The predicted octanol–water partition coefficient (Wildman–Crippen LogP) is 1.90. The lowest BCUT2D eigenvalue weighted by atomic mass is 9.84. The zero-order valence-corrected chi connectivity index (χ0v) is 15.4. The molecule has 1 rings (SSSR count). The van der Waals surface area contributed by atoms with Gasteiger partial charge in [-0.2, -0.15) is 13.2 Å². The number of Topliss-reactive ketones (excluding diaryl/α,β-unsaturated/α-hetero) is 1. The molecule has 0 aliphatic carbocycles. The van der Waals surface area contributed by atoms with Gasteiger partial charge < -0.3 is 10.1 Å². The SMILES string of the molecule is CC(C(NC(=O)OC(C)(C)C)C(=O)[C@@H]1C(=O)N(C)C(=O)[C@H]1C)C(F)(F)F. The number of hydrogen-bond donors (Lipinski definition) is 1. The van der Waals surface area contributed by atoms with Crippen LogP contribution in [0.3, 0.4) is 0 Å². The summed E-state index contributed by atoms with van der Waals surface area (Å²) in [6.07, 6.45) is -6.03. The van der Waals surface area contributed by atoms with Gasteiger partial charge in [0.15, 0.2) is 5.78 Å². The Balaban J connectivity index is 3.16. The van der Waals surface area contributed by atoms with Gasteiger partial charge in [0.1, 0.15) is 17.6 Å². The van der Waals surface area contributed by atoms with Crippen molar-refractivity contribution < 1.29 is 37.1 Å². The minimum absolute atomic E-state index is 0.663. The fraction of sp³-hybridized carbons (Fsp3) is 0.750. The largest absolute Gasteiger partial charge is 0.444 e. The Labute approximate surface area is 149 Å². The molecule has 1 saturated heterocycles. The average Bonchev–Trinajstić information content (AvgIpc) is 2.64. The molecule has 1 aliphatic rings. The molecule has 0 spiro atoms. The summed E-state index contributed by atoms with van der Waals surface area (Å²) in [5.74, 6) is -7.69. The quantitative estimate of drug-likeness (QED) is 0.594. The van der Waals surface area contributed by atoms with Gasteiger partial charge in [0.2, 0.25) is 11.8 Å². The number of carbonyl (C=O) groups excluding carboxylic acids is 4. The molecule has 4 atom stereocenters. The number of amides is 3. The van der Waals surface area contributed by atoms with Gasteiger partial charge in [0.05, 0.1) is 11.8 Å². The number of likely N-dealkylation sites (tertiary alicyclic amines) is 1. The van der Waals surface area contributed by atoms with E-state index >= 15 is 0 Å². The van der Waals surface area contributed by atoms with Gasteiger partial charge in [-0.3, -0.25) is 19.3 Å². The highest BCUT2D eigenvalue weighted by Gasteiger charge is 2.53. The van der Waals surface area contributed by atoms with Gasteiger partial charge >= 0.3 is 12.3 Å². The van der Waals surface area contributed by atoms with Crippen LogP contribution in [0.25, 0.3) is 0 Å². The van der Waals surface area contributed by atoms with Crippen LogP contribution in [0.1, 0.15) is 34.6 Å². The Bertz CT molecular complexity index is 612. The van der Waals surface area contributed by atoms with Crippen molar-refractivity contribution in [2.24, 2.45) is 17.8 Å². The number of ketones is 1. The molecule has 1 aliphatic heterocycles. The molecule has 0 aromatic carbocycles. The topological polar surface area (TPSA) is 92.8 Å². The minimum Gasteiger partial charge on any atom is -0.444 e. The van der Waals surface area contributed by atoms with Crippen molar-refractivity contribution >= 4 is 23.7 Å². The third-order valence-electron chi connectivity index (χ3n) is 4.12. The molecule has 0 radical (unpaired) electrons. The predicted molar refractivity (Wildman–Crippen MR) is 83.8 cm³/mol. The highest BCUT2D eigenvalue weighted by Crippen LogP contribution is 2.33. The smallest absolute Gasteiger partial charge is 0.408 e. The van der Waals surface area contributed by atoms with Crippen molar-refractivity contribution in [1.29, 1.82) is 0 Å². The molecule has 7 nitrogen and oxygen atoms in total. The number of rotatable bonds is 4. The summed E-state index contributed by atoms with van der Waals surface area (Å²) in [6.45, 7) is 6.52. The molecule has 0 saturated carbocycles. The average molecular weight is 380 g/mol. The van der Waals surface area contributed by atoms with Crippen LogP contribution in [-0.4, -0.2) is 53.5 Å². The number of ether oxygens (including phenoxy) is 1. The minimum atomic E-state index is -4.81. The first-order chi connectivity index (χ1) is 11.6. The van der Waals surface area contributed by atoms with E-state index in [1.54, 1.807) is 0 Å². The van der Waals surface area contributed by atoms with E-state index < -0.39 is 59.3 Å². The third-order valence-corrected chi connectivity index (χ3v) is 4.12. The van der Waals surface area contributed by atoms with Crippen molar-refractivity contribution in [3.63, 3.8) is 0 Å². The summed E-state index contributed by atoms with van der Waals surface area (Å²) >= 11 is 0. The van der Waals surface area contributed by atoms with Crippen LogP contribution >= 0.6 is 0 Å². The Hall–Kier alpha value is -2.13. The maximum atomic E-state index is 13.2. The second-order valence-corrected chi connectivity index (χ2v) is 7.36. The Kier molecular flexibility index (Phi) is 6.10. The van der Waals surface area contributed by atoms with Crippen LogP contribution in [0.15, 0.2) is 0 Å². The number of carbonyl (C=O) groups is 4. The number of nitrogens with zero attached hydrogens (tertiary/aromatic N) is 1. The molecule has 0 aromatic rings. The van der Waals surface area contributed by atoms with Crippen molar-refractivity contribution in [2.75, 3.05) is 7.05 Å². The van der Waals surface area contributed by atoms with Crippen LogP contribution in [0.2, 0.25) is 0 Å². The van der Waals surface area contributed by atoms with Crippen molar-refractivity contribution in [1.82, 2.24) is 10.2 Å². The highest BCUT2D eigenvalue weighted by atomic mass is 19.4. The first-order valence-corrected chi connectivity index (χ1v) is 7.99. The first-order valence-electron chi connectivity index (χ1n) is 7.99. The van der Waals surface area contributed by atoms with E-state index in [0.717, 1.165) is 14.0 Å². The highest BCUT2D eigenvalue weighted by molar-refractivity contribution is 6.16. The monoisotopic (exact) mass is 380 g/mol. The normalized spacial score (nSPS) is 23.7. The number of imide groups is 1. The summed E-state index contributed by atoms with van der Waals surface area (Å²) in [6, 6.07) is -2.06. The number of alkyl halides is 3. The van der Waals surface area contributed by atoms with Gasteiger partial charge in [0.25, 0.3) is 0 Å². The Morgan fingerprint density at radius 1 is 1.15 bits per heavy atom. The van der Waals surface area contributed by atoms with Crippen LogP contribution in [0.5, 0.6) is 0 Å². The lowest BCUT2D eigenvalue weighted by molar-refractivity contribution is -0.181. The molecular weight excluding hydrogens is 357 g/mol. The van der Waals surface area contributed by atoms with E-state index in [1.165, 1.54) is 27.7 Å². The zero-order chi connectivity index (χ0) is 20.6. The molecule has 1 N–H and O–H groups in total. The van der Waals surface area contributed by atoms with Crippen molar-refractivity contribution in [3.05, 3.63) is 0 Å². The van der Waals surface area contributed by atoms with Crippen LogP contribution in [0.4, 0.5) is 18.0 Å². The van der Waals surface area contributed by atoms with Gasteiger partial charge in [-0.25, -0.2) is 4.79 Å². The molecule has 1 heterocycles. The van der Waals surface area contributed by atoms with Gasteiger partial charge in [-0.05, 0) is 20.8 Å². The van der Waals surface area contributed by atoms with E-state index in [-0.39, 0.29) is 0 Å². The van der Waals surface area contributed by atoms with E-state index in [1.807, 2.05) is 5.32 Å². The third kappa shape index (κ3) is 4.73. The summed E-state index contributed by atoms with van der Waals surface area (Å²) < 4.78 is 44.4. The zero-order valence-electron chi connectivity index (χ0n) is 15.4. The molecule has 148 valence electrons. The maximum Gasteiger partial charge on any atom is 0.408 e. The van der Waals surface area contributed by atoms with E-state index in [4.69, 9.17) is 4.74 Å². The van der Waals surface area contributed by atoms with Crippen molar-refractivity contribution in [2.45, 2.75) is 52.4 Å². The Morgan fingerprint density at radius 2 is 1.65 bits per heavy atom. The molecular formula is C16H23F3N2O5. The van der Waals surface area contributed by atoms with E-state index in [9.17, 15) is 32.3 Å². The number of halogens is 3. The fourth-order valence-electron chi connectivity index (χ4n) is 2.61. The van der Waals surface area contributed by atoms with Crippen molar-refractivity contribution in [3.8, 4) is 0 Å². The number of hydrogen-bond acceptors (Lipinski definition) is 5. The lowest BCUT2D eigenvalue weighted by Crippen LogP contribution is -2.53. The van der Waals surface area contributed by atoms with Gasteiger partial charge in [-0.1, -0.05) is 13.8 Å². The first kappa shape index (κ1) is 21.9. The molecule has 26 heavy (non-hydrogen) atoms. The second-order valence-electron chi connectivity index (χ2n) is 7.36. The van der Waals surface area contributed by atoms with E-state index in [0.29, 0.717) is 4.90 Å². The lowest BCUT2D eigenvalue weighted by Gasteiger charge is -2.29. The molecule has 2 unspecified atom stereocenters. The maximum absolute atomic E-state index is 13.2. The van der Waals surface area contributed by atoms with Gasteiger partial charge in [0, 0.05) is 7.05 Å². The second kappa shape index (κ2) is 7.24. The standard InChI is InChI=1S/C16H23F3N2O5/c1-7-9(13(24)21(6)12(7)23)11(22)10(8(2)16(17,18)19)20-14(25)26-15(3,4)5/h7-10H,1-6H3,(H,20,25)/t7-,8?,9+,10?/m0/s1. The summed E-state index contributed by atoms with van der Waals surface area (Å²) in [7, 11) is 1.15. The fourth-order valence-corrected chi connectivity index (χ4v) is 2.61. The summed E-state index contributed by atoms with van der Waals surface area (Å²) in [5.41, 5.74) is -0.994. The Morgan fingerprint density at radius 3 is 2.00 bits per heavy atom. The van der Waals surface area contributed by atoms with Crippen LogP contribution in [0, 0.1) is 17.8 Å². The van der Waals surface area contributed by atoms with E-state index in [2.05, 4.69) is 0 Å². The summed E-state index contributed by atoms with van der Waals surface area (Å²) in [5, 5.41) is 1.91. The summed E-state index contributed by atoms with van der Waals surface area (Å²) in [4.78, 5) is 49.2. The van der Waals surface area contributed by atoms with Gasteiger partial charge in [-0.15, -0.1) is 0 Å². The molecule has 1 fully saturated rings. The van der Waals surface area contributed by atoms with Crippen LogP contribution in [-0.2, 0) is 19.1 Å². The number of nitrogens with one attached hydrogen (secondary N) is 1. The van der Waals surface area contributed by atoms with Crippen LogP contribution < -0.4 is 5.32 Å². The molecule has 3 amide bonds.